The second kappa shape index (κ2) is 2.45. The monoisotopic (exact) mass is 226 g/mol. The molecule has 0 saturated carbocycles. The molecule has 2 N–H and O–H groups in total. The summed E-state index contributed by atoms with van der Waals surface area (Å²) < 4.78 is 2.36. The minimum atomic E-state index is 0.589. The van der Waals surface area contributed by atoms with Crippen molar-refractivity contribution in [1.82, 2.24) is 14.6 Å². The first-order valence-electron chi connectivity index (χ1n) is 3.46. The van der Waals surface area contributed by atoms with E-state index in [1.807, 2.05) is 19.1 Å². The van der Waals surface area contributed by atoms with Gasteiger partial charge in [-0.1, -0.05) is 0 Å². The van der Waals surface area contributed by atoms with Crippen molar-refractivity contribution in [2.24, 2.45) is 0 Å². The predicted molar refractivity (Wildman–Crippen MR) is 49.8 cm³/mol. The highest BCUT2D eigenvalue weighted by atomic mass is 79.9. The molecule has 4 nitrogen and oxygen atoms in total. The fraction of sp³-hybridized carbons (Fsp3) is 0.143. The third kappa shape index (κ3) is 0.972. The second-order valence-corrected chi connectivity index (χ2v) is 3.32. The average Bonchev–Trinajstić information content (AvgIpc) is 2.31. The maximum atomic E-state index is 5.72. The molecule has 12 heavy (non-hydrogen) atoms. The summed E-state index contributed by atoms with van der Waals surface area (Å²) in [7, 11) is 0. The molecule has 2 rings (SSSR count). The van der Waals surface area contributed by atoms with Gasteiger partial charge in [-0.25, -0.2) is 4.98 Å². The van der Waals surface area contributed by atoms with Crippen LogP contribution < -0.4 is 5.73 Å². The topological polar surface area (TPSA) is 56.2 Å². The summed E-state index contributed by atoms with van der Waals surface area (Å²) in [6.45, 7) is 1.86. The quantitative estimate of drug-likeness (QED) is 0.739. The molecular formula is C7H7BrN4. The van der Waals surface area contributed by atoms with Crippen LogP contribution in [-0.2, 0) is 0 Å². The SMILES string of the molecule is Cc1nc2ccc(Br)nn2c1N. The Kier molecular flexibility index (Phi) is 1.54. The largest absolute Gasteiger partial charge is 0.382 e. The average molecular weight is 227 g/mol. The zero-order valence-corrected chi connectivity index (χ0v) is 8.04. The number of aromatic nitrogens is 3. The van der Waals surface area contributed by atoms with Crippen molar-refractivity contribution in [3.05, 3.63) is 22.4 Å². The lowest BCUT2D eigenvalue weighted by Crippen LogP contribution is -1.97. The second-order valence-electron chi connectivity index (χ2n) is 2.51. The van der Waals surface area contributed by atoms with Gasteiger partial charge in [0, 0.05) is 0 Å². The summed E-state index contributed by atoms with van der Waals surface area (Å²) in [6, 6.07) is 3.70. The van der Waals surface area contributed by atoms with Gasteiger partial charge >= 0.3 is 0 Å². The molecule has 0 aromatic carbocycles. The Hall–Kier alpha value is -1.10. The highest BCUT2D eigenvalue weighted by molar-refractivity contribution is 9.10. The smallest absolute Gasteiger partial charge is 0.156 e. The third-order valence-corrected chi connectivity index (χ3v) is 2.09. The van der Waals surface area contributed by atoms with Gasteiger partial charge in [0.15, 0.2) is 5.65 Å². The Bertz CT molecular complexity index is 434. The molecule has 0 bridgehead atoms. The normalized spacial score (nSPS) is 10.8. The van der Waals surface area contributed by atoms with Crippen molar-refractivity contribution in [3.8, 4) is 0 Å². The van der Waals surface area contributed by atoms with Gasteiger partial charge < -0.3 is 5.73 Å². The predicted octanol–water partition coefficient (Wildman–Crippen LogP) is 1.38. The number of aryl methyl sites for hydroxylation is 1. The number of halogens is 1. The maximum Gasteiger partial charge on any atom is 0.156 e. The Morgan fingerprint density at radius 3 is 3.00 bits per heavy atom. The van der Waals surface area contributed by atoms with Crippen molar-refractivity contribution in [2.45, 2.75) is 6.92 Å². The zero-order chi connectivity index (χ0) is 8.72. The Balaban J connectivity index is 2.88. The molecule has 0 aliphatic heterocycles. The maximum absolute atomic E-state index is 5.72. The number of nitrogens with zero attached hydrogens (tertiary/aromatic N) is 3. The van der Waals surface area contributed by atoms with E-state index in [-0.39, 0.29) is 0 Å². The van der Waals surface area contributed by atoms with Crippen molar-refractivity contribution < 1.29 is 0 Å². The van der Waals surface area contributed by atoms with Crippen LogP contribution in [0.1, 0.15) is 5.69 Å². The van der Waals surface area contributed by atoms with Crippen molar-refractivity contribution in [1.29, 1.82) is 0 Å². The molecule has 0 aliphatic carbocycles. The standard InChI is InChI=1S/C7H7BrN4/c1-4-7(9)12-6(10-4)3-2-5(8)11-12/h2-3H,9H2,1H3. The van der Waals surface area contributed by atoms with Crippen LogP contribution in [-0.4, -0.2) is 14.6 Å². The molecular weight excluding hydrogens is 220 g/mol. The molecule has 0 amide bonds. The van der Waals surface area contributed by atoms with Gasteiger partial charge in [-0.15, -0.1) is 0 Å². The lowest BCUT2D eigenvalue weighted by molar-refractivity contribution is 0.925. The minimum absolute atomic E-state index is 0.589. The Morgan fingerprint density at radius 2 is 2.25 bits per heavy atom. The summed E-state index contributed by atoms with van der Waals surface area (Å²) in [6.07, 6.45) is 0. The summed E-state index contributed by atoms with van der Waals surface area (Å²) in [4.78, 5) is 4.21. The third-order valence-electron chi connectivity index (χ3n) is 1.66. The first kappa shape index (κ1) is 7.54. The van der Waals surface area contributed by atoms with Gasteiger partial charge in [0.2, 0.25) is 0 Å². The lowest BCUT2D eigenvalue weighted by Gasteiger charge is -1.94. The molecule has 0 radical (unpaired) electrons. The van der Waals surface area contributed by atoms with Crippen LogP contribution in [0.15, 0.2) is 16.7 Å². The molecule has 0 unspecified atom stereocenters. The van der Waals surface area contributed by atoms with Crippen molar-refractivity contribution >= 4 is 27.4 Å². The number of imidazole rings is 1. The molecule has 0 aliphatic rings. The number of anilines is 1. The summed E-state index contributed by atoms with van der Waals surface area (Å²) >= 11 is 3.26. The number of nitrogens with two attached hydrogens (primary N) is 1. The van der Waals surface area contributed by atoms with Crippen LogP contribution in [0.5, 0.6) is 0 Å². The van der Waals surface area contributed by atoms with Crippen LogP contribution in [0.4, 0.5) is 5.82 Å². The van der Waals surface area contributed by atoms with E-state index >= 15 is 0 Å². The number of hydrogen-bond acceptors (Lipinski definition) is 3. The molecule has 0 atom stereocenters. The molecule has 0 saturated heterocycles. The molecule has 2 heterocycles. The molecule has 2 aromatic rings. The van der Waals surface area contributed by atoms with Crippen molar-refractivity contribution in [2.75, 3.05) is 5.73 Å². The first-order chi connectivity index (χ1) is 5.68. The fourth-order valence-corrected chi connectivity index (χ4v) is 1.33. The minimum Gasteiger partial charge on any atom is -0.382 e. The van der Waals surface area contributed by atoms with Gasteiger partial charge in [-0.2, -0.15) is 9.61 Å². The molecule has 62 valence electrons. The number of fused-ring (bicyclic) bond motifs is 1. The van der Waals surface area contributed by atoms with Gasteiger partial charge in [0.05, 0.1) is 5.69 Å². The van der Waals surface area contributed by atoms with Crippen LogP contribution in [0.3, 0.4) is 0 Å². The van der Waals surface area contributed by atoms with E-state index in [4.69, 9.17) is 5.73 Å². The highest BCUT2D eigenvalue weighted by Crippen LogP contribution is 2.14. The van der Waals surface area contributed by atoms with E-state index in [9.17, 15) is 0 Å². The van der Waals surface area contributed by atoms with Gasteiger partial charge in [-0.3, -0.25) is 0 Å². The van der Waals surface area contributed by atoms with Crippen LogP contribution in [0, 0.1) is 6.92 Å². The van der Waals surface area contributed by atoms with E-state index in [1.54, 1.807) is 4.52 Å². The van der Waals surface area contributed by atoms with Gasteiger partial charge in [-0.05, 0) is 35.0 Å². The first-order valence-corrected chi connectivity index (χ1v) is 4.25. The summed E-state index contributed by atoms with van der Waals surface area (Å²) in [5, 5.41) is 4.14. The number of rotatable bonds is 0. The van der Waals surface area contributed by atoms with E-state index < -0.39 is 0 Å². The Labute approximate surface area is 77.5 Å². The molecule has 2 aromatic heterocycles. The number of nitrogen functional groups attached to an aromatic ring is 1. The van der Waals surface area contributed by atoms with E-state index in [1.165, 1.54) is 0 Å². The van der Waals surface area contributed by atoms with Crippen molar-refractivity contribution in [3.63, 3.8) is 0 Å². The zero-order valence-electron chi connectivity index (χ0n) is 6.45. The number of hydrogen-bond donors (Lipinski definition) is 1. The molecule has 5 heteroatoms. The van der Waals surface area contributed by atoms with Crippen LogP contribution in [0.2, 0.25) is 0 Å². The summed E-state index contributed by atoms with van der Waals surface area (Å²) in [5.74, 6) is 0.589. The van der Waals surface area contributed by atoms with E-state index in [0.29, 0.717) is 5.82 Å². The Morgan fingerprint density at radius 1 is 1.50 bits per heavy atom. The lowest BCUT2D eigenvalue weighted by atomic mass is 10.5. The molecule has 0 fully saturated rings. The molecule has 0 spiro atoms. The van der Waals surface area contributed by atoms with Gasteiger partial charge in [0.1, 0.15) is 10.4 Å². The fourth-order valence-electron chi connectivity index (χ4n) is 1.04. The van der Waals surface area contributed by atoms with E-state index in [2.05, 4.69) is 26.0 Å². The van der Waals surface area contributed by atoms with Crippen LogP contribution >= 0.6 is 15.9 Å². The van der Waals surface area contributed by atoms with Crippen LogP contribution in [0.25, 0.3) is 5.65 Å². The van der Waals surface area contributed by atoms with E-state index in [0.717, 1.165) is 15.9 Å². The van der Waals surface area contributed by atoms with Gasteiger partial charge in [0.25, 0.3) is 0 Å². The highest BCUT2D eigenvalue weighted by Gasteiger charge is 2.05. The summed E-state index contributed by atoms with van der Waals surface area (Å²) in [5.41, 5.74) is 7.30.